The van der Waals surface area contributed by atoms with E-state index < -0.39 is 33.4 Å². The van der Waals surface area contributed by atoms with Crippen LogP contribution in [-0.2, 0) is 26.0 Å². The number of nitrogens with zero attached hydrogens (tertiary/aromatic N) is 2. The molecule has 3 fully saturated rings. The number of hydrogen-bond acceptors (Lipinski definition) is 5. The van der Waals surface area contributed by atoms with Crippen LogP contribution in [0, 0.1) is 5.92 Å². The predicted molar refractivity (Wildman–Crippen MR) is 115 cm³/mol. The average Bonchev–Trinajstić information content (AvgIpc) is 3.21. The third-order valence-corrected chi connectivity index (χ3v) is 8.58. The summed E-state index contributed by atoms with van der Waals surface area (Å²) in [6, 6.07) is 8.33. The van der Waals surface area contributed by atoms with Crippen LogP contribution in [-0.4, -0.2) is 65.7 Å². The molecule has 1 atom stereocenters. The van der Waals surface area contributed by atoms with Gasteiger partial charge in [0.25, 0.3) is 5.91 Å². The Balaban J connectivity index is 1.52. The van der Waals surface area contributed by atoms with Gasteiger partial charge < -0.3 is 10.2 Å². The van der Waals surface area contributed by atoms with Crippen LogP contribution < -0.4 is 5.32 Å². The van der Waals surface area contributed by atoms with Crippen LogP contribution in [0.15, 0.2) is 30.3 Å². The molecule has 1 aliphatic carbocycles. The van der Waals surface area contributed by atoms with Gasteiger partial charge in [-0.1, -0.05) is 37.3 Å². The number of benzene rings is 1. The van der Waals surface area contributed by atoms with Crippen LogP contribution in [0.2, 0.25) is 0 Å². The molecule has 3 aliphatic rings. The highest BCUT2D eigenvalue weighted by Crippen LogP contribution is 2.36. The second kappa shape index (κ2) is 8.26. The molecule has 2 saturated heterocycles. The minimum absolute atomic E-state index is 0.0423. The van der Waals surface area contributed by atoms with Crippen molar-refractivity contribution >= 4 is 27.7 Å². The van der Waals surface area contributed by atoms with Crippen LogP contribution in [0.4, 0.5) is 4.79 Å². The SMILES string of the molecule is CC1CCC2(CC1)NC(=O)N(CC(=O)N(Cc1ccccc1)[C@@H]1CCS(=O)(=O)C1)C2=O. The van der Waals surface area contributed by atoms with Crippen molar-refractivity contribution in [2.45, 2.75) is 57.2 Å². The molecule has 1 aromatic rings. The summed E-state index contributed by atoms with van der Waals surface area (Å²) >= 11 is 0. The van der Waals surface area contributed by atoms with E-state index in [1.165, 1.54) is 4.90 Å². The summed E-state index contributed by atoms with van der Waals surface area (Å²) in [4.78, 5) is 41.5. The van der Waals surface area contributed by atoms with Crippen molar-refractivity contribution in [3.8, 4) is 0 Å². The van der Waals surface area contributed by atoms with Crippen molar-refractivity contribution < 1.29 is 22.8 Å². The molecule has 1 N–H and O–H groups in total. The molecule has 0 radical (unpaired) electrons. The zero-order valence-electron chi connectivity index (χ0n) is 17.7. The molecule has 4 amide bonds. The Morgan fingerprint density at radius 3 is 2.45 bits per heavy atom. The number of sulfone groups is 1. The van der Waals surface area contributed by atoms with Gasteiger partial charge in [0, 0.05) is 12.6 Å². The lowest BCUT2D eigenvalue weighted by Crippen LogP contribution is -2.50. The van der Waals surface area contributed by atoms with Gasteiger partial charge in [-0.05, 0) is 43.6 Å². The van der Waals surface area contributed by atoms with E-state index in [1.807, 2.05) is 30.3 Å². The molecular formula is C22H29N3O5S. The van der Waals surface area contributed by atoms with Crippen LogP contribution >= 0.6 is 0 Å². The molecular weight excluding hydrogens is 418 g/mol. The third kappa shape index (κ3) is 4.46. The minimum Gasteiger partial charge on any atom is -0.333 e. The first-order valence-electron chi connectivity index (χ1n) is 10.9. The van der Waals surface area contributed by atoms with Crippen molar-refractivity contribution in [2.24, 2.45) is 5.92 Å². The molecule has 9 heteroatoms. The maximum Gasteiger partial charge on any atom is 0.325 e. The van der Waals surface area contributed by atoms with Crippen LogP contribution in [0.5, 0.6) is 0 Å². The normalized spacial score (nSPS) is 29.9. The lowest BCUT2D eigenvalue weighted by atomic mass is 9.77. The summed E-state index contributed by atoms with van der Waals surface area (Å²) in [5.74, 6) is -0.280. The number of rotatable bonds is 5. The Morgan fingerprint density at radius 2 is 1.84 bits per heavy atom. The number of carbonyl (C=O) groups is 3. The smallest absolute Gasteiger partial charge is 0.325 e. The second-order valence-electron chi connectivity index (χ2n) is 9.15. The van der Waals surface area contributed by atoms with E-state index in [0.717, 1.165) is 23.3 Å². The standard InChI is InChI=1S/C22H29N3O5S/c1-16-7-10-22(11-8-16)20(27)25(21(28)23-22)14-19(26)24(13-17-5-3-2-4-6-17)18-9-12-31(29,30)15-18/h2-6,16,18H,7-15H2,1H3,(H,23,28)/t16?,18-,22?/m1/s1. The zero-order valence-corrected chi connectivity index (χ0v) is 18.6. The number of carbonyl (C=O) groups excluding carboxylic acids is 3. The number of hydrogen-bond donors (Lipinski definition) is 1. The molecule has 1 saturated carbocycles. The highest BCUT2D eigenvalue weighted by Gasteiger charge is 2.52. The van der Waals surface area contributed by atoms with Crippen molar-refractivity contribution in [1.29, 1.82) is 0 Å². The van der Waals surface area contributed by atoms with Crippen LogP contribution in [0.3, 0.4) is 0 Å². The topological polar surface area (TPSA) is 104 Å². The summed E-state index contributed by atoms with van der Waals surface area (Å²) in [5.41, 5.74) is -0.0275. The average molecular weight is 448 g/mol. The van der Waals surface area contributed by atoms with E-state index in [9.17, 15) is 22.8 Å². The van der Waals surface area contributed by atoms with Gasteiger partial charge in [0.15, 0.2) is 9.84 Å². The molecule has 0 bridgehead atoms. The quantitative estimate of drug-likeness (QED) is 0.692. The zero-order chi connectivity index (χ0) is 22.2. The van der Waals surface area contributed by atoms with Gasteiger partial charge in [-0.2, -0.15) is 0 Å². The van der Waals surface area contributed by atoms with Crippen molar-refractivity contribution in [3.63, 3.8) is 0 Å². The Kier molecular flexibility index (Phi) is 5.81. The summed E-state index contributed by atoms with van der Waals surface area (Å²) in [6.45, 7) is 2.00. The summed E-state index contributed by atoms with van der Waals surface area (Å²) < 4.78 is 24.1. The van der Waals surface area contributed by atoms with E-state index in [1.54, 1.807) is 0 Å². The summed E-state index contributed by atoms with van der Waals surface area (Å²) in [7, 11) is -3.20. The first-order valence-corrected chi connectivity index (χ1v) is 12.7. The van der Waals surface area contributed by atoms with Crippen LogP contribution in [0.25, 0.3) is 0 Å². The minimum atomic E-state index is -3.20. The van der Waals surface area contributed by atoms with Crippen molar-refractivity contribution in [2.75, 3.05) is 18.1 Å². The fraction of sp³-hybridized carbons (Fsp3) is 0.591. The lowest BCUT2D eigenvalue weighted by Gasteiger charge is -2.34. The molecule has 168 valence electrons. The Morgan fingerprint density at radius 1 is 1.16 bits per heavy atom. The van der Waals surface area contributed by atoms with Gasteiger partial charge in [0.1, 0.15) is 12.1 Å². The fourth-order valence-corrected chi connectivity index (χ4v) is 6.59. The summed E-state index contributed by atoms with van der Waals surface area (Å²) in [5, 5.41) is 2.84. The monoisotopic (exact) mass is 447 g/mol. The van der Waals surface area contributed by atoms with Crippen molar-refractivity contribution in [1.82, 2.24) is 15.1 Å². The van der Waals surface area contributed by atoms with E-state index in [2.05, 4.69) is 12.2 Å². The number of imide groups is 1. The Bertz CT molecular complexity index is 970. The highest BCUT2D eigenvalue weighted by atomic mass is 32.2. The van der Waals surface area contributed by atoms with Gasteiger partial charge >= 0.3 is 6.03 Å². The van der Waals surface area contributed by atoms with Gasteiger partial charge in [-0.3, -0.25) is 14.5 Å². The van der Waals surface area contributed by atoms with Gasteiger partial charge in [0.05, 0.1) is 11.5 Å². The molecule has 1 aromatic carbocycles. The maximum absolute atomic E-state index is 13.3. The molecule has 2 aliphatic heterocycles. The molecule has 4 rings (SSSR count). The Labute approximate surface area is 182 Å². The van der Waals surface area contributed by atoms with E-state index in [0.29, 0.717) is 25.2 Å². The highest BCUT2D eigenvalue weighted by molar-refractivity contribution is 7.91. The van der Waals surface area contributed by atoms with Crippen LogP contribution in [0.1, 0.15) is 44.6 Å². The second-order valence-corrected chi connectivity index (χ2v) is 11.4. The van der Waals surface area contributed by atoms with E-state index in [4.69, 9.17) is 0 Å². The van der Waals surface area contributed by atoms with Gasteiger partial charge in [0.2, 0.25) is 5.91 Å². The van der Waals surface area contributed by atoms with Gasteiger partial charge in [-0.15, -0.1) is 0 Å². The maximum atomic E-state index is 13.3. The van der Waals surface area contributed by atoms with Gasteiger partial charge in [-0.25, -0.2) is 13.2 Å². The molecule has 2 heterocycles. The molecule has 1 spiro atoms. The lowest BCUT2D eigenvalue weighted by molar-refractivity contribution is -0.141. The molecule has 0 unspecified atom stereocenters. The number of amides is 4. The fourth-order valence-electron chi connectivity index (χ4n) is 4.86. The summed E-state index contributed by atoms with van der Waals surface area (Å²) in [6.07, 6.45) is 3.24. The molecule has 31 heavy (non-hydrogen) atoms. The first-order chi connectivity index (χ1) is 14.7. The number of urea groups is 1. The van der Waals surface area contributed by atoms with Crippen molar-refractivity contribution in [3.05, 3.63) is 35.9 Å². The predicted octanol–water partition coefficient (Wildman–Crippen LogP) is 1.70. The largest absolute Gasteiger partial charge is 0.333 e. The van der Waals surface area contributed by atoms with E-state index in [-0.39, 0.29) is 30.5 Å². The first kappa shape index (κ1) is 21.8. The number of nitrogens with one attached hydrogen (secondary N) is 1. The van der Waals surface area contributed by atoms with E-state index >= 15 is 0 Å². The molecule has 8 nitrogen and oxygen atoms in total. The third-order valence-electron chi connectivity index (χ3n) is 6.83. The Hall–Kier alpha value is -2.42. The molecule has 0 aromatic heterocycles.